The zero-order chi connectivity index (χ0) is 18.5. The molecule has 1 spiro atoms. The summed E-state index contributed by atoms with van der Waals surface area (Å²) in [6.07, 6.45) is 0.348. The lowest BCUT2D eigenvalue weighted by atomic mass is 9.81. The molecule has 0 bridgehead atoms. The van der Waals surface area contributed by atoms with Crippen LogP contribution >= 0.6 is 0 Å². The Morgan fingerprint density at radius 2 is 1.88 bits per heavy atom. The lowest BCUT2D eigenvalue weighted by molar-refractivity contribution is -0.137. The van der Waals surface area contributed by atoms with Gasteiger partial charge in [0, 0.05) is 13.1 Å². The van der Waals surface area contributed by atoms with Gasteiger partial charge in [0.1, 0.15) is 6.10 Å². The first-order valence-electron chi connectivity index (χ1n) is 8.99. The Hall–Kier alpha value is -2.57. The van der Waals surface area contributed by atoms with Crippen molar-refractivity contribution in [3.8, 4) is 0 Å². The van der Waals surface area contributed by atoms with Gasteiger partial charge in [0.15, 0.2) is 0 Å². The van der Waals surface area contributed by atoms with Gasteiger partial charge in [0.05, 0.1) is 12.0 Å². The SMILES string of the molecule is C[C@H]1[C@@H](c2ccccc2)OC(=O)N1C(=O)C1CN(C(=O)O)CCC12CC2. The molecule has 1 aromatic rings. The minimum Gasteiger partial charge on any atom is -0.465 e. The van der Waals surface area contributed by atoms with Crippen LogP contribution in [0.2, 0.25) is 0 Å². The van der Waals surface area contributed by atoms with Crippen LogP contribution < -0.4 is 0 Å². The van der Waals surface area contributed by atoms with Crippen molar-refractivity contribution >= 4 is 18.1 Å². The summed E-state index contributed by atoms with van der Waals surface area (Å²) < 4.78 is 5.48. The van der Waals surface area contributed by atoms with E-state index in [1.165, 1.54) is 9.80 Å². The number of piperidine rings is 1. The van der Waals surface area contributed by atoms with E-state index in [1.807, 2.05) is 30.3 Å². The number of cyclic esters (lactones) is 1. The summed E-state index contributed by atoms with van der Waals surface area (Å²) >= 11 is 0. The molecule has 3 aliphatic rings. The highest BCUT2D eigenvalue weighted by atomic mass is 16.6. The second-order valence-corrected chi connectivity index (χ2v) is 7.56. The van der Waals surface area contributed by atoms with Crippen LogP contribution in [0, 0.1) is 11.3 Å². The standard InChI is InChI=1S/C19H22N2O5/c1-12-15(13-5-3-2-4-6-13)26-18(25)21(12)16(22)14-11-20(17(23)24)10-9-19(14)7-8-19/h2-6,12,14-15H,7-11H2,1H3,(H,23,24)/t12-,14?,15-/m0/s1. The van der Waals surface area contributed by atoms with Crippen LogP contribution in [0.15, 0.2) is 30.3 Å². The quantitative estimate of drug-likeness (QED) is 0.878. The minimum atomic E-state index is -1.02. The maximum Gasteiger partial charge on any atom is 0.417 e. The summed E-state index contributed by atoms with van der Waals surface area (Å²) in [5, 5.41) is 9.30. The maximum atomic E-state index is 13.2. The predicted octanol–water partition coefficient (Wildman–Crippen LogP) is 2.88. The van der Waals surface area contributed by atoms with E-state index in [2.05, 4.69) is 0 Å². The van der Waals surface area contributed by atoms with Crippen molar-refractivity contribution in [2.45, 2.75) is 38.3 Å². The molecule has 1 unspecified atom stereocenters. The zero-order valence-electron chi connectivity index (χ0n) is 14.6. The number of carbonyl (C=O) groups is 3. The molecule has 0 radical (unpaired) electrons. The Morgan fingerprint density at radius 1 is 1.19 bits per heavy atom. The van der Waals surface area contributed by atoms with Crippen LogP contribution in [0.4, 0.5) is 9.59 Å². The molecule has 2 heterocycles. The average Bonchev–Trinajstić information content (AvgIpc) is 3.33. The molecule has 1 aliphatic carbocycles. The second-order valence-electron chi connectivity index (χ2n) is 7.56. The van der Waals surface area contributed by atoms with Crippen LogP contribution in [0.3, 0.4) is 0 Å². The molecule has 3 amide bonds. The van der Waals surface area contributed by atoms with Crippen molar-refractivity contribution in [2.24, 2.45) is 11.3 Å². The molecule has 2 aliphatic heterocycles. The fraction of sp³-hybridized carbons (Fsp3) is 0.526. The number of hydrogen-bond donors (Lipinski definition) is 1. The van der Waals surface area contributed by atoms with Gasteiger partial charge in [0.25, 0.3) is 0 Å². The van der Waals surface area contributed by atoms with Crippen molar-refractivity contribution in [3.63, 3.8) is 0 Å². The number of carboxylic acid groups (broad SMARTS) is 1. The van der Waals surface area contributed by atoms with Crippen molar-refractivity contribution < 1.29 is 24.2 Å². The van der Waals surface area contributed by atoms with Crippen LogP contribution in [0.5, 0.6) is 0 Å². The third-order valence-corrected chi connectivity index (χ3v) is 6.12. The molecule has 1 aromatic carbocycles. The van der Waals surface area contributed by atoms with E-state index < -0.39 is 30.3 Å². The molecule has 26 heavy (non-hydrogen) atoms. The van der Waals surface area contributed by atoms with E-state index in [-0.39, 0.29) is 17.9 Å². The van der Waals surface area contributed by atoms with E-state index in [0.29, 0.717) is 13.0 Å². The Kier molecular flexibility index (Phi) is 3.89. The van der Waals surface area contributed by atoms with E-state index >= 15 is 0 Å². The van der Waals surface area contributed by atoms with Crippen molar-refractivity contribution in [1.82, 2.24) is 9.80 Å². The van der Waals surface area contributed by atoms with Gasteiger partial charge in [-0.25, -0.2) is 14.5 Å². The first-order valence-corrected chi connectivity index (χ1v) is 8.99. The van der Waals surface area contributed by atoms with Gasteiger partial charge in [-0.1, -0.05) is 30.3 Å². The number of ether oxygens (including phenoxy) is 1. The van der Waals surface area contributed by atoms with Gasteiger partial charge in [-0.15, -0.1) is 0 Å². The fourth-order valence-corrected chi connectivity index (χ4v) is 4.32. The second kappa shape index (κ2) is 6.00. The lowest BCUT2D eigenvalue weighted by Gasteiger charge is -2.38. The molecule has 0 aromatic heterocycles. The molecule has 7 heteroatoms. The summed E-state index contributed by atoms with van der Waals surface area (Å²) in [4.78, 5) is 39.5. The zero-order valence-corrected chi connectivity index (χ0v) is 14.6. The van der Waals surface area contributed by atoms with Gasteiger partial charge in [-0.05, 0) is 37.2 Å². The maximum absolute atomic E-state index is 13.2. The smallest absolute Gasteiger partial charge is 0.417 e. The molecule has 1 saturated carbocycles. The van der Waals surface area contributed by atoms with Crippen molar-refractivity contribution in [2.75, 3.05) is 13.1 Å². The van der Waals surface area contributed by atoms with Gasteiger partial charge in [-0.3, -0.25) is 4.79 Å². The molecule has 3 atom stereocenters. The number of rotatable bonds is 2. The molecule has 2 saturated heterocycles. The summed E-state index contributed by atoms with van der Waals surface area (Å²) in [7, 11) is 0. The van der Waals surface area contributed by atoms with Gasteiger partial charge >= 0.3 is 12.2 Å². The summed E-state index contributed by atoms with van der Waals surface area (Å²) in [5.41, 5.74) is 0.703. The first kappa shape index (κ1) is 16.9. The molecule has 4 rings (SSSR count). The third-order valence-electron chi connectivity index (χ3n) is 6.12. The Balaban J connectivity index is 1.57. The molecule has 138 valence electrons. The topological polar surface area (TPSA) is 87.2 Å². The Morgan fingerprint density at radius 3 is 2.50 bits per heavy atom. The van der Waals surface area contributed by atoms with Crippen LogP contribution in [-0.2, 0) is 9.53 Å². The molecule has 3 fully saturated rings. The van der Waals surface area contributed by atoms with Crippen molar-refractivity contribution in [1.29, 1.82) is 0 Å². The summed E-state index contributed by atoms with van der Waals surface area (Å²) in [6, 6.07) is 8.94. The largest absolute Gasteiger partial charge is 0.465 e. The lowest BCUT2D eigenvalue weighted by Crippen LogP contribution is -2.52. The average molecular weight is 358 g/mol. The normalized spacial score (nSPS) is 29.6. The molecule has 1 N–H and O–H groups in total. The van der Waals surface area contributed by atoms with E-state index in [9.17, 15) is 19.5 Å². The van der Waals surface area contributed by atoms with Crippen LogP contribution in [0.1, 0.15) is 37.9 Å². The molecule has 7 nitrogen and oxygen atoms in total. The Labute approximate surface area is 151 Å². The fourth-order valence-electron chi connectivity index (χ4n) is 4.32. The highest BCUT2D eigenvalue weighted by Crippen LogP contribution is 2.57. The number of benzene rings is 1. The van der Waals surface area contributed by atoms with E-state index in [0.717, 1.165) is 18.4 Å². The highest BCUT2D eigenvalue weighted by molar-refractivity contribution is 5.96. The van der Waals surface area contributed by atoms with E-state index in [4.69, 9.17) is 4.74 Å². The number of nitrogens with zero attached hydrogens (tertiary/aromatic N) is 2. The van der Waals surface area contributed by atoms with Gasteiger partial charge in [0.2, 0.25) is 5.91 Å². The van der Waals surface area contributed by atoms with Crippen LogP contribution in [0.25, 0.3) is 0 Å². The first-order chi connectivity index (χ1) is 12.4. The van der Waals surface area contributed by atoms with E-state index in [1.54, 1.807) is 6.92 Å². The van der Waals surface area contributed by atoms with Gasteiger partial charge < -0.3 is 14.7 Å². The van der Waals surface area contributed by atoms with Gasteiger partial charge in [-0.2, -0.15) is 0 Å². The Bertz CT molecular complexity index is 746. The number of hydrogen-bond acceptors (Lipinski definition) is 4. The number of imide groups is 1. The summed E-state index contributed by atoms with van der Waals surface area (Å²) in [5.74, 6) is -0.777. The molecular formula is C19H22N2O5. The highest BCUT2D eigenvalue weighted by Gasteiger charge is 2.58. The predicted molar refractivity (Wildman–Crippen MR) is 91.3 cm³/mol. The van der Waals surface area contributed by atoms with Crippen molar-refractivity contribution in [3.05, 3.63) is 35.9 Å². The minimum absolute atomic E-state index is 0.145. The number of amides is 3. The number of carbonyl (C=O) groups excluding carboxylic acids is 2. The monoisotopic (exact) mass is 358 g/mol. The molecular weight excluding hydrogens is 336 g/mol. The number of likely N-dealkylation sites (tertiary alicyclic amines) is 1. The summed E-state index contributed by atoms with van der Waals surface area (Å²) in [6.45, 7) is 2.41. The third kappa shape index (κ3) is 2.62. The van der Waals surface area contributed by atoms with Crippen LogP contribution in [-0.4, -0.2) is 52.1 Å².